The van der Waals surface area contributed by atoms with Crippen LogP contribution in [0.1, 0.15) is 15.9 Å². The molecule has 0 atom stereocenters. The van der Waals surface area contributed by atoms with Crippen molar-refractivity contribution < 1.29 is 19.2 Å². The van der Waals surface area contributed by atoms with Crippen molar-refractivity contribution in [3.63, 3.8) is 0 Å². The lowest BCUT2D eigenvalue weighted by Crippen LogP contribution is -2.06. The molecule has 0 bridgehead atoms. The molecule has 0 unspecified atom stereocenters. The van der Waals surface area contributed by atoms with Crippen LogP contribution in [0.4, 0.5) is 5.69 Å². The Morgan fingerprint density at radius 2 is 2.14 bits per heavy atom. The van der Waals surface area contributed by atoms with Gasteiger partial charge < -0.3 is 9.47 Å². The zero-order chi connectivity index (χ0) is 16.1. The third kappa shape index (κ3) is 3.70. The Morgan fingerprint density at radius 3 is 2.73 bits per heavy atom. The second kappa shape index (κ2) is 6.86. The molecular formula is C14H11ClN2O5. The summed E-state index contributed by atoms with van der Waals surface area (Å²) in [7, 11) is 1.31. The van der Waals surface area contributed by atoms with E-state index >= 15 is 0 Å². The molecule has 1 heterocycles. The first-order valence-corrected chi connectivity index (χ1v) is 6.49. The predicted molar refractivity (Wildman–Crippen MR) is 78.0 cm³/mol. The number of halogens is 1. The van der Waals surface area contributed by atoms with Crippen LogP contribution in [0.2, 0.25) is 5.15 Å². The number of hydrogen-bond donors (Lipinski definition) is 0. The van der Waals surface area contributed by atoms with Crippen molar-refractivity contribution in [2.45, 2.75) is 6.61 Å². The topological polar surface area (TPSA) is 91.6 Å². The highest BCUT2D eigenvalue weighted by atomic mass is 35.5. The molecule has 7 nitrogen and oxygen atoms in total. The van der Waals surface area contributed by atoms with E-state index in [-0.39, 0.29) is 23.6 Å². The van der Waals surface area contributed by atoms with Crippen LogP contribution in [0.15, 0.2) is 36.5 Å². The molecule has 114 valence electrons. The minimum atomic E-state index is -0.680. The van der Waals surface area contributed by atoms with Gasteiger partial charge in [0.15, 0.2) is 5.75 Å². The van der Waals surface area contributed by atoms with Gasteiger partial charge in [-0.05, 0) is 18.2 Å². The number of hydrogen-bond acceptors (Lipinski definition) is 6. The monoisotopic (exact) mass is 322 g/mol. The summed E-state index contributed by atoms with van der Waals surface area (Å²) in [5.74, 6) is -0.607. The summed E-state index contributed by atoms with van der Waals surface area (Å²) in [5, 5.41) is 11.3. The number of rotatable bonds is 5. The Labute approximate surface area is 130 Å². The highest BCUT2D eigenvalue weighted by Crippen LogP contribution is 2.27. The number of nitro groups is 1. The fourth-order valence-corrected chi connectivity index (χ4v) is 1.80. The summed E-state index contributed by atoms with van der Waals surface area (Å²) in [4.78, 5) is 26.1. The van der Waals surface area contributed by atoms with Crippen molar-refractivity contribution in [1.82, 2.24) is 4.98 Å². The number of ether oxygens (including phenoxy) is 2. The van der Waals surface area contributed by atoms with Crippen LogP contribution in [0.25, 0.3) is 0 Å². The van der Waals surface area contributed by atoms with Gasteiger partial charge in [0.1, 0.15) is 11.8 Å². The first-order valence-electron chi connectivity index (χ1n) is 6.11. The van der Waals surface area contributed by atoms with Gasteiger partial charge >= 0.3 is 11.7 Å². The van der Waals surface area contributed by atoms with Crippen LogP contribution < -0.4 is 4.74 Å². The van der Waals surface area contributed by atoms with Crippen molar-refractivity contribution in [1.29, 1.82) is 0 Å². The van der Waals surface area contributed by atoms with Crippen LogP contribution in [-0.4, -0.2) is 23.0 Å². The SMILES string of the molecule is COc1ccc(C(=O)OCc2ccc(Cl)nc2)cc1[N+](=O)[O-]. The maximum atomic E-state index is 11.9. The molecule has 0 aliphatic rings. The minimum Gasteiger partial charge on any atom is -0.490 e. The molecule has 22 heavy (non-hydrogen) atoms. The molecule has 0 saturated carbocycles. The molecule has 0 aliphatic carbocycles. The van der Waals surface area contributed by atoms with Gasteiger partial charge in [0.05, 0.1) is 17.6 Å². The van der Waals surface area contributed by atoms with Crippen molar-refractivity contribution in [2.75, 3.05) is 7.11 Å². The predicted octanol–water partition coefficient (Wildman–Crippen LogP) is 3.01. The van der Waals surface area contributed by atoms with Gasteiger partial charge in [-0.1, -0.05) is 17.7 Å². The lowest BCUT2D eigenvalue weighted by molar-refractivity contribution is -0.385. The molecule has 2 rings (SSSR count). The third-order valence-corrected chi connectivity index (χ3v) is 2.99. The van der Waals surface area contributed by atoms with E-state index in [0.29, 0.717) is 10.7 Å². The third-order valence-electron chi connectivity index (χ3n) is 2.77. The number of aromatic nitrogens is 1. The molecule has 8 heteroatoms. The quantitative estimate of drug-likeness (QED) is 0.363. The van der Waals surface area contributed by atoms with Gasteiger partial charge in [-0.25, -0.2) is 9.78 Å². The van der Waals surface area contributed by atoms with Crippen LogP contribution in [-0.2, 0) is 11.3 Å². The highest BCUT2D eigenvalue weighted by Gasteiger charge is 2.18. The van der Waals surface area contributed by atoms with Crippen LogP contribution >= 0.6 is 11.6 Å². The summed E-state index contributed by atoms with van der Waals surface area (Å²) in [6, 6.07) is 7.09. The second-order valence-electron chi connectivity index (χ2n) is 4.21. The smallest absolute Gasteiger partial charge is 0.338 e. The summed E-state index contributed by atoms with van der Waals surface area (Å²) < 4.78 is 9.94. The van der Waals surface area contributed by atoms with Crippen LogP contribution in [0, 0.1) is 10.1 Å². The molecule has 0 N–H and O–H groups in total. The Hall–Kier alpha value is -2.67. The number of carbonyl (C=O) groups excluding carboxylic acids is 1. The van der Waals surface area contributed by atoms with Crippen molar-refractivity contribution >= 4 is 23.3 Å². The molecular weight excluding hydrogens is 312 g/mol. The van der Waals surface area contributed by atoms with Crippen molar-refractivity contribution in [3.8, 4) is 5.75 Å². The van der Waals surface area contributed by atoms with Gasteiger partial charge in [0, 0.05) is 17.8 Å². The number of carbonyl (C=O) groups is 1. The maximum Gasteiger partial charge on any atom is 0.338 e. The lowest BCUT2D eigenvalue weighted by atomic mass is 10.2. The summed E-state index contributed by atoms with van der Waals surface area (Å²) in [6.07, 6.45) is 1.48. The van der Waals surface area contributed by atoms with E-state index in [0.717, 1.165) is 6.07 Å². The molecule has 0 amide bonds. The standard InChI is InChI=1S/C14H11ClN2O5/c1-21-12-4-3-10(6-11(12)17(19)20)14(18)22-8-9-2-5-13(15)16-7-9/h2-7H,8H2,1H3. The molecule has 1 aromatic heterocycles. The Morgan fingerprint density at radius 1 is 1.36 bits per heavy atom. The van der Waals surface area contributed by atoms with E-state index in [1.807, 2.05) is 0 Å². The molecule has 0 fully saturated rings. The van der Waals surface area contributed by atoms with Gasteiger partial charge in [0.25, 0.3) is 0 Å². The normalized spacial score (nSPS) is 10.1. The number of esters is 1. The number of nitro benzene ring substituents is 1. The van der Waals surface area contributed by atoms with Gasteiger partial charge in [-0.15, -0.1) is 0 Å². The number of methoxy groups -OCH3 is 1. The average Bonchev–Trinajstić information content (AvgIpc) is 2.53. The van der Waals surface area contributed by atoms with E-state index in [1.54, 1.807) is 12.1 Å². The van der Waals surface area contributed by atoms with Crippen LogP contribution in [0.5, 0.6) is 5.75 Å². The average molecular weight is 323 g/mol. The zero-order valence-electron chi connectivity index (χ0n) is 11.5. The fourth-order valence-electron chi connectivity index (χ4n) is 1.68. The minimum absolute atomic E-state index is 0.0111. The van der Waals surface area contributed by atoms with E-state index in [4.69, 9.17) is 21.1 Å². The molecule has 0 aliphatic heterocycles. The van der Waals surface area contributed by atoms with E-state index in [9.17, 15) is 14.9 Å². The zero-order valence-corrected chi connectivity index (χ0v) is 12.2. The van der Waals surface area contributed by atoms with Gasteiger partial charge in [0.2, 0.25) is 0 Å². The Balaban J connectivity index is 2.10. The number of nitrogens with zero attached hydrogens (tertiary/aromatic N) is 2. The summed E-state index contributed by atoms with van der Waals surface area (Å²) in [5.41, 5.74) is 0.417. The van der Waals surface area contributed by atoms with Crippen LogP contribution in [0.3, 0.4) is 0 Å². The highest BCUT2D eigenvalue weighted by molar-refractivity contribution is 6.29. The van der Waals surface area contributed by atoms with E-state index < -0.39 is 10.9 Å². The molecule has 1 aromatic carbocycles. The van der Waals surface area contributed by atoms with Crippen molar-refractivity contribution in [3.05, 3.63) is 62.9 Å². The number of benzene rings is 1. The fraction of sp³-hybridized carbons (Fsp3) is 0.143. The van der Waals surface area contributed by atoms with Crippen molar-refractivity contribution in [2.24, 2.45) is 0 Å². The summed E-state index contributed by atoms with van der Waals surface area (Å²) in [6.45, 7) is -0.0111. The first kappa shape index (κ1) is 15.7. The molecule has 0 spiro atoms. The largest absolute Gasteiger partial charge is 0.490 e. The summed E-state index contributed by atoms with van der Waals surface area (Å²) >= 11 is 5.65. The van der Waals surface area contributed by atoms with Gasteiger partial charge in [-0.2, -0.15) is 0 Å². The Bertz CT molecular complexity index is 703. The van der Waals surface area contributed by atoms with Gasteiger partial charge in [-0.3, -0.25) is 10.1 Å². The Kier molecular flexibility index (Phi) is 4.90. The number of pyridine rings is 1. The second-order valence-corrected chi connectivity index (χ2v) is 4.60. The van der Waals surface area contributed by atoms with E-state index in [1.165, 1.54) is 25.4 Å². The maximum absolute atomic E-state index is 11.9. The first-order chi connectivity index (χ1) is 10.5. The molecule has 0 saturated heterocycles. The van der Waals surface area contributed by atoms with E-state index in [2.05, 4.69) is 4.98 Å². The molecule has 2 aromatic rings. The molecule has 0 radical (unpaired) electrons. The lowest BCUT2D eigenvalue weighted by Gasteiger charge is -2.06.